The molecule has 0 atom stereocenters. The molecule has 1 aliphatic carbocycles. The van der Waals surface area contributed by atoms with E-state index in [9.17, 15) is 4.21 Å². The van der Waals surface area contributed by atoms with E-state index in [-0.39, 0.29) is 0 Å². The van der Waals surface area contributed by atoms with Crippen LogP contribution in [0.3, 0.4) is 0 Å². The van der Waals surface area contributed by atoms with E-state index >= 15 is 0 Å². The lowest BCUT2D eigenvalue weighted by Crippen LogP contribution is -2.37. The quantitative estimate of drug-likeness (QED) is 0.573. The number of nitrogens with zero attached hydrogens (tertiary/aromatic N) is 5. The van der Waals surface area contributed by atoms with Gasteiger partial charge in [0, 0.05) is 19.2 Å². The lowest BCUT2D eigenvalue weighted by Gasteiger charge is -2.29. The predicted molar refractivity (Wildman–Crippen MR) is 100 cm³/mol. The summed E-state index contributed by atoms with van der Waals surface area (Å²) < 4.78 is 26.5. The van der Waals surface area contributed by atoms with Gasteiger partial charge in [-0.2, -0.15) is 20.4 Å². The van der Waals surface area contributed by atoms with Gasteiger partial charge in [0.15, 0.2) is 17.3 Å². The third kappa shape index (κ3) is 2.49. The van der Waals surface area contributed by atoms with Crippen molar-refractivity contribution in [2.75, 3.05) is 36.9 Å². The fraction of sp³-hybridized carbons (Fsp3) is 0.438. The Morgan fingerprint density at radius 1 is 1.33 bits per heavy atom. The standard InChI is InChI=1S/C16H19N8O2S/c17-14-13-10(16(2-3-16)27(18)25)9-12(23-5-7-26-8-6-23)20-15(13)24(22-14)11-1-4-19-21-11/h1,4,9,18H,2-3,5-8H2,(H2,17,22)(H,19,21)/q-1. The van der Waals surface area contributed by atoms with Crippen molar-refractivity contribution in [1.29, 1.82) is 4.78 Å². The number of rotatable bonds is 4. The Labute approximate surface area is 156 Å². The Kier molecular flexibility index (Phi) is 3.62. The van der Waals surface area contributed by atoms with Gasteiger partial charge in [-0.15, -0.1) is 5.10 Å². The number of aromatic nitrogens is 5. The molecule has 1 saturated carbocycles. The van der Waals surface area contributed by atoms with Crippen LogP contribution in [0.4, 0.5) is 11.6 Å². The minimum Gasteiger partial charge on any atom is -0.444 e. The summed E-state index contributed by atoms with van der Waals surface area (Å²) in [7, 11) is -1.75. The minimum atomic E-state index is -1.75. The van der Waals surface area contributed by atoms with Gasteiger partial charge in [-0.1, -0.05) is 12.8 Å². The van der Waals surface area contributed by atoms with E-state index in [2.05, 4.69) is 20.2 Å². The average molecular weight is 387 g/mol. The maximum atomic E-state index is 12.2. The zero-order valence-corrected chi connectivity index (χ0v) is 15.3. The van der Waals surface area contributed by atoms with Crippen molar-refractivity contribution < 1.29 is 8.95 Å². The van der Waals surface area contributed by atoms with E-state index in [4.69, 9.17) is 20.2 Å². The van der Waals surface area contributed by atoms with Crippen molar-refractivity contribution in [2.45, 2.75) is 17.6 Å². The Morgan fingerprint density at radius 3 is 2.74 bits per heavy atom. The topological polar surface area (TPSA) is 139 Å². The highest BCUT2D eigenvalue weighted by atomic mass is 32.2. The molecule has 10 nitrogen and oxygen atoms in total. The minimum absolute atomic E-state index is 0.312. The van der Waals surface area contributed by atoms with Crippen LogP contribution >= 0.6 is 0 Å². The van der Waals surface area contributed by atoms with Crippen LogP contribution in [0.1, 0.15) is 18.4 Å². The summed E-state index contributed by atoms with van der Waals surface area (Å²) in [6.07, 6.45) is 3.02. The third-order valence-electron chi connectivity index (χ3n) is 5.25. The van der Waals surface area contributed by atoms with E-state index in [1.807, 2.05) is 6.07 Å². The molecule has 0 unspecified atom stereocenters. The smallest absolute Gasteiger partial charge is 0.169 e. The Balaban J connectivity index is 1.79. The molecule has 0 radical (unpaired) electrons. The van der Waals surface area contributed by atoms with E-state index < -0.39 is 15.3 Å². The summed E-state index contributed by atoms with van der Waals surface area (Å²) in [5, 5.41) is 12.0. The Hall–Kier alpha value is -2.66. The molecule has 3 aromatic heterocycles. The van der Waals surface area contributed by atoms with Crippen molar-refractivity contribution in [1.82, 2.24) is 25.0 Å². The van der Waals surface area contributed by atoms with Crippen LogP contribution in [0.2, 0.25) is 0 Å². The van der Waals surface area contributed by atoms with Gasteiger partial charge in [0.05, 0.1) is 24.8 Å². The third-order valence-corrected chi connectivity index (χ3v) is 6.59. The van der Waals surface area contributed by atoms with E-state index in [1.54, 1.807) is 16.9 Å². The lowest BCUT2D eigenvalue weighted by atomic mass is 10.1. The molecule has 27 heavy (non-hydrogen) atoms. The van der Waals surface area contributed by atoms with Crippen molar-refractivity contribution in [2.24, 2.45) is 0 Å². The molecule has 0 aromatic carbocycles. The maximum absolute atomic E-state index is 12.2. The monoisotopic (exact) mass is 387 g/mol. The molecule has 11 heteroatoms. The second kappa shape index (κ2) is 5.92. The van der Waals surface area contributed by atoms with Gasteiger partial charge in [-0.25, -0.2) is 4.98 Å². The number of anilines is 2. The summed E-state index contributed by atoms with van der Waals surface area (Å²) in [4.78, 5) is 6.95. The molecule has 0 bridgehead atoms. The number of pyridine rings is 1. The fourth-order valence-corrected chi connectivity index (χ4v) is 4.48. The highest BCUT2D eigenvalue weighted by molar-refractivity contribution is 7.75. The van der Waals surface area contributed by atoms with Crippen LogP contribution in [0.25, 0.3) is 16.9 Å². The summed E-state index contributed by atoms with van der Waals surface area (Å²) >= 11 is 0. The molecule has 1 saturated heterocycles. The van der Waals surface area contributed by atoms with Gasteiger partial charge in [-0.05, 0) is 16.4 Å². The first-order valence-electron chi connectivity index (χ1n) is 8.75. The number of hydrogen-bond donors (Lipinski definition) is 3. The number of nitrogens with two attached hydrogens (primary N) is 1. The molecule has 0 spiro atoms. The molecule has 0 amide bonds. The Bertz CT molecular complexity index is 1070. The average Bonchev–Trinajstić information content (AvgIpc) is 3.19. The molecule has 4 N–H and O–H groups in total. The zero-order valence-electron chi connectivity index (χ0n) is 14.5. The summed E-state index contributed by atoms with van der Waals surface area (Å²) in [5.41, 5.74) is 7.61. The highest BCUT2D eigenvalue weighted by Gasteiger charge is 2.41. The van der Waals surface area contributed by atoms with Crippen molar-refractivity contribution in [3.8, 4) is 5.82 Å². The molecule has 4 heterocycles. The maximum Gasteiger partial charge on any atom is 0.169 e. The largest absolute Gasteiger partial charge is 0.444 e. The number of aromatic amines is 1. The van der Waals surface area contributed by atoms with Gasteiger partial charge in [0.2, 0.25) is 0 Å². The SMILES string of the molecule is N=[S-](=O)C1(c2cc(N3CCOCC3)nc3c2c(N)nn3-c2ccn[nH]2)CC1. The van der Waals surface area contributed by atoms with Gasteiger partial charge in [-0.3, -0.25) is 5.10 Å². The van der Waals surface area contributed by atoms with E-state index in [1.165, 1.54) is 0 Å². The molecule has 1 aliphatic heterocycles. The number of hydrogen-bond acceptors (Lipinski definition) is 9. The number of morpholine rings is 1. The summed E-state index contributed by atoms with van der Waals surface area (Å²) in [6, 6.07) is 3.71. The first-order chi connectivity index (χ1) is 13.1. The number of nitrogen functional groups attached to an aromatic ring is 1. The second-order valence-electron chi connectivity index (χ2n) is 6.83. The van der Waals surface area contributed by atoms with Crippen LogP contribution in [0, 0.1) is 4.78 Å². The van der Waals surface area contributed by atoms with Gasteiger partial charge >= 0.3 is 0 Å². The molecule has 2 fully saturated rings. The van der Waals surface area contributed by atoms with Crippen molar-refractivity contribution >= 4 is 33.3 Å². The number of fused-ring (bicyclic) bond motifs is 1. The molecular weight excluding hydrogens is 368 g/mol. The van der Waals surface area contributed by atoms with Crippen LogP contribution in [-0.2, 0) is 24.3 Å². The zero-order chi connectivity index (χ0) is 18.6. The lowest BCUT2D eigenvalue weighted by molar-refractivity contribution is 0.122. The number of nitrogens with one attached hydrogen (secondary N) is 2. The van der Waals surface area contributed by atoms with Crippen LogP contribution < -0.4 is 10.6 Å². The first-order valence-corrected chi connectivity index (χ1v) is 9.90. The number of H-pyrrole nitrogens is 1. The normalized spacial score (nSPS) is 19.1. The second-order valence-corrected chi connectivity index (χ2v) is 8.15. The molecule has 3 aromatic rings. The Morgan fingerprint density at radius 2 is 2.11 bits per heavy atom. The van der Waals surface area contributed by atoms with Crippen molar-refractivity contribution in [3.63, 3.8) is 0 Å². The van der Waals surface area contributed by atoms with Crippen molar-refractivity contribution in [3.05, 3.63) is 23.9 Å². The van der Waals surface area contributed by atoms with Crippen LogP contribution in [0.5, 0.6) is 0 Å². The molecule has 2 aliphatic rings. The van der Waals surface area contributed by atoms with Crippen LogP contribution in [-0.4, -0.2) is 51.3 Å². The van der Waals surface area contributed by atoms with Gasteiger partial charge < -0.3 is 24.4 Å². The fourth-order valence-electron chi connectivity index (χ4n) is 3.65. The number of ether oxygens (including phenoxy) is 1. The summed E-state index contributed by atoms with van der Waals surface area (Å²) in [6.45, 7) is 2.71. The molecular formula is C16H19N8O2S-. The predicted octanol–water partition coefficient (Wildman–Crippen LogP) is 1.28. The van der Waals surface area contributed by atoms with Crippen LogP contribution in [0.15, 0.2) is 18.3 Å². The highest BCUT2D eigenvalue weighted by Crippen LogP contribution is 2.52. The first kappa shape index (κ1) is 16.5. The van der Waals surface area contributed by atoms with E-state index in [0.717, 1.165) is 24.5 Å². The molecule has 142 valence electrons. The van der Waals surface area contributed by atoms with Gasteiger partial charge in [0.1, 0.15) is 5.82 Å². The van der Waals surface area contributed by atoms with Gasteiger partial charge in [0.25, 0.3) is 0 Å². The van der Waals surface area contributed by atoms with E-state index in [0.29, 0.717) is 48.7 Å². The summed E-state index contributed by atoms with van der Waals surface area (Å²) in [5.74, 6) is 1.72. The molecule has 5 rings (SSSR count).